The van der Waals surface area contributed by atoms with Gasteiger partial charge in [0.1, 0.15) is 0 Å². The Bertz CT molecular complexity index is 529. The number of aliphatic hydroxyl groups is 2. The Hall–Kier alpha value is -0.650. The number of rotatable bonds is 1. The van der Waals surface area contributed by atoms with Gasteiger partial charge in [0.2, 0.25) is 5.91 Å². The van der Waals surface area contributed by atoms with E-state index >= 15 is 0 Å². The minimum atomic E-state index is -1.25. The van der Waals surface area contributed by atoms with Gasteiger partial charge in [-0.3, -0.25) is 4.79 Å². The smallest absolute Gasteiger partial charge is 0.220 e. The normalized spacial score (nSPS) is 31.4. The zero-order valence-corrected chi connectivity index (χ0v) is 17.6. The molecule has 1 amide bonds. The predicted octanol–water partition coefficient (Wildman–Crippen LogP) is 2.59. The summed E-state index contributed by atoms with van der Waals surface area (Å²) in [4.78, 5) is 14.1. The monoisotopic (exact) mass is 354 g/mol. The molecule has 0 aliphatic carbocycles. The van der Waals surface area contributed by atoms with Crippen molar-refractivity contribution in [3.05, 3.63) is 0 Å². The number of nitrogens with one attached hydrogen (secondary N) is 1. The predicted molar refractivity (Wildman–Crippen MR) is 100 cm³/mol. The number of likely N-dealkylation sites (tertiary alicyclic amines) is 1. The molecule has 2 saturated heterocycles. The Morgan fingerprint density at radius 3 is 1.40 bits per heavy atom. The minimum Gasteiger partial charge on any atom is -0.387 e. The topological polar surface area (TPSA) is 72.8 Å². The van der Waals surface area contributed by atoms with Crippen molar-refractivity contribution in [2.75, 3.05) is 0 Å². The highest BCUT2D eigenvalue weighted by atomic mass is 16.4. The van der Waals surface area contributed by atoms with Crippen LogP contribution < -0.4 is 5.32 Å². The van der Waals surface area contributed by atoms with Crippen molar-refractivity contribution in [1.29, 1.82) is 0 Å². The second-order valence-corrected chi connectivity index (χ2v) is 11.1. The number of piperidine rings is 2. The summed E-state index contributed by atoms with van der Waals surface area (Å²) in [6, 6.07) is 0. The third-order valence-electron chi connectivity index (χ3n) is 5.99. The zero-order chi connectivity index (χ0) is 19.7. The fraction of sp³-hybridized carbons (Fsp3) is 0.950. The highest BCUT2D eigenvalue weighted by Gasteiger charge is 2.63. The number of amides is 1. The van der Waals surface area contributed by atoms with E-state index in [2.05, 4.69) is 33.0 Å². The van der Waals surface area contributed by atoms with Gasteiger partial charge in [0.05, 0.1) is 11.2 Å². The lowest BCUT2D eigenvalue weighted by Gasteiger charge is -2.64. The molecule has 5 nitrogen and oxygen atoms in total. The van der Waals surface area contributed by atoms with Gasteiger partial charge in [-0.1, -0.05) is 0 Å². The first-order chi connectivity index (χ1) is 10.9. The number of nitrogens with zero attached hydrogens (tertiary/aromatic N) is 1. The number of carbonyl (C=O) groups excluding carboxylic acids is 1. The van der Waals surface area contributed by atoms with E-state index < -0.39 is 22.3 Å². The van der Waals surface area contributed by atoms with Gasteiger partial charge in [0.25, 0.3) is 0 Å². The average molecular weight is 355 g/mol. The Morgan fingerprint density at radius 2 is 1.08 bits per heavy atom. The SMILES string of the molecule is CC(=O)N1C(C)(C)CC(O)(C2(O)CC(C)(C)NC(C)(C)C2)CC1(C)C. The third kappa shape index (κ3) is 3.60. The van der Waals surface area contributed by atoms with Crippen molar-refractivity contribution in [2.24, 2.45) is 0 Å². The molecule has 2 heterocycles. The molecule has 2 rings (SSSR count). The van der Waals surface area contributed by atoms with E-state index in [-0.39, 0.29) is 17.0 Å². The van der Waals surface area contributed by atoms with Crippen LogP contribution in [0.15, 0.2) is 0 Å². The maximum Gasteiger partial charge on any atom is 0.220 e. The first-order valence-electron chi connectivity index (χ1n) is 9.40. The van der Waals surface area contributed by atoms with Gasteiger partial charge in [-0.15, -0.1) is 0 Å². The van der Waals surface area contributed by atoms with Crippen LogP contribution in [0.3, 0.4) is 0 Å². The van der Waals surface area contributed by atoms with Crippen LogP contribution in [0, 0.1) is 0 Å². The molecule has 0 saturated carbocycles. The number of hydrogen-bond acceptors (Lipinski definition) is 4. The van der Waals surface area contributed by atoms with Crippen LogP contribution in [0.5, 0.6) is 0 Å². The van der Waals surface area contributed by atoms with Gasteiger partial charge in [0.15, 0.2) is 0 Å². The van der Waals surface area contributed by atoms with Crippen LogP contribution in [-0.4, -0.2) is 54.4 Å². The Labute approximate surface area is 153 Å². The quantitative estimate of drug-likeness (QED) is 0.677. The lowest BCUT2D eigenvalue weighted by atomic mass is 9.57. The first kappa shape index (κ1) is 20.7. The molecule has 0 spiro atoms. The second-order valence-electron chi connectivity index (χ2n) is 11.1. The molecule has 2 aliphatic rings. The Morgan fingerprint density at radius 1 is 0.760 bits per heavy atom. The van der Waals surface area contributed by atoms with Gasteiger partial charge >= 0.3 is 0 Å². The van der Waals surface area contributed by atoms with Crippen LogP contribution in [0.4, 0.5) is 0 Å². The van der Waals surface area contributed by atoms with E-state index in [4.69, 9.17) is 0 Å². The molecule has 0 aromatic rings. The largest absolute Gasteiger partial charge is 0.387 e. The van der Waals surface area contributed by atoms with Crippen LogP contribution >= 0.6 is 0 Å². The Kier molecular flexibility index (Phi) is 4.49. The van der Waals surface area contributed by atoms with Crippen LogP contribution in [0.25, 0.3) is 0 Å². The summed E-state index contributed by atoms with van der Waals surface area (Å²) in [5, 5.41) is 27.1. The standard InChI is InChI=1S/C20H38N2O3/c1-14(23)22-17(6,7)12-20(25,13-18(22,8)9)19(24)10-15(2,3)21-16(4,5)11-19/h21,24-25H,10-13H2,1-9H3. The van der Waals surface area contributed by atoms with E-state index in [1.807, 2.05) is 32.6 Å². The summed E-state index contributed by atoms with van der Waals surface area (Å²) in [5.41, 5.74) is -4.07. The summed E-state index contributed by atoms with van der Waals surface area (Å²) < 4.78 is 0. The van der Waals surface area contributed by atoms with Gasteiger partial charge in [-0.2, -0.15) is 0 Å². The van der Waals surface area contributed by atoms with Crippen molar-refractivity contribution in [1.82, 2.24) is 10.2 Å². The maximum absolute atomic E-state index is 12.3. The van der Waals surface area contributed by atoms with Crippen molar-refractivity contribution >= 4 is 5.91 Å². The summed E-state index contributed by atoms with van der Waals surface area (Å²) >= 11 is 0. The van der Waals surface area contributed by atoms with Gasteiger partial charge in [0, 0.05) is 41.9 Å². The molecule has 146 valence electrons. The van der Waals surface area contributed by atoms with Gasteiger partial charge < -0.3 is 20.4 Å². The molecule has 2 fully saturated rings. The van der Waals surface area contributed by atoms with Crippen molar-refractivity contribution < 1.29 is 15.0 Å². The van der Waals surface area contributed by atoms with E-state index in [1.54, 1.807) is 6.92 Å². The summed E-state index contributed by atoms with van der Waals surface area (Å²) in [7, 11) is 0. The van der Waals surface area contributed by atoms with E-state index in [0.717, 1.165) is 0 Å². The van der Waals surface area contributed by atoms with E-state index in [0.29, 0.717) is 25.7 Å². The molecule has 0 unspecified atom stereocenters. The highest BCUT2D eigenvalue weighted by molar-refractivity contribution is 5.75. The highest BCUT2D eigenvalue weighted by Crippen LogP contribution is 2.53. The fourth-order valence-corrected chi connectivity index (χ4v) is 6.51. The van der Waals surface area contributed by atoms with Gasteiger partial charge in [-0.05, 0) is 68.2 Å². The molecule has 0 atom stereocenters. The molecule has 3 N–H and O–H groups in total. The van der Waals surface area contributed by atoms with Crippen LogP contribution in [0.1, 0.15) is 88.0 Å². The molecular formula is C20H38N2O3. The molecule has 2 aliphatic heterocycles. The number of carbonyl (C=O) groups is 1. The fourth-order valence-electron chi connectivity index (χ4n) is 6.51. The first-order valence-corrected chi connectivity index (χ1v) is 9.40. The van der Waals surface area contributed by atoms with Crippen LogP contribution in [0.2, 0.25) is 0 Å². The molecule has 25 heavy (non-hydrogen) atoms. The summed E-state index contributed by atoms with van der Waals surface area (Å²) in [5.74, 6) is 0.00927. The van der Waals surface area contributed by atoms with Crippen LogP contribution in [-0.2, 0) is 4.79 Å². The molecular weight excluding hydrogens is 316 g/mol. The molecule has 0 aromatic heterocycles. The lowest BCUT2D eigenvalue weighted by Crippen LogP contribution is -2.76. The van der Waals surface area contributed by atoms with Crippen molar-refractivity contribution in [3.63, 3.8) is 0 Å². The van der Waals surface area contributed by atoms with E-state index in [9.17, 15) is 15.0 Å². The summed E-state index contributed by atoms with van der Waals surface area (Å²) in [6.07, 6.45) is 1.69. The lowest BCUT2D eigenvalue weighted by molar-refractivity contribution is -0.242. The molecule has 0 radical (unpaired) electrons. The minimum absolute atomic E-state index is 0.00927. The van der Waals surface area contributed by atoms with E-state index in [1.165, 1.54) is 0 Å². The number of hydrogen-bond donors (Lipinski definition) is 3. The van der Waals surface area contributed by atoms with Gasteiger partial charge in [-0.25, -0.2) is 0 Å². The second kappa shape index (κ2) is 5.43. The molecule has 0 aromatic carbocycles. The zero-order valence-electron chi connectivity index (χ0n) is 17.6. The molecule has 5 heteroatoms. The average Bonchev–Trinajstić information content (AvgIpc) is 2.16. The summed E-state index contributed by atoms with van der Waals surface area (Å²) in [6.45, 7) is 17.8. The Balaban J connectivity index is 2.49. The third-order valence-corrected chi connectivity index (χ3v) is 5.99. The van der Waals surface area contributed by atoms with Crippen molar-refractivity contribution in [3.8, 4) is 0 Å². The molecule has 0 bridgehead atoms. The maximum atomic E-state index is 12.3. The van der Waals surface area contributed by atoms with Crippen molar-refractivity contribution in [2.45, 2.75) is 121 Å².